The maximum absolute atomic E-state index is 13.0. The molecule has 2 aromatic carbocycles. The second-order valence-electron chi connectivity index (χ2n) is 6.91. The smallest absolute Gasteiger partial charge is 0.256 e. The number of carbonyl (C=O) groups is 2. The molecule has 0 atom stereocenters. The highest BCUT2D eigenvalue weighted by atomic mass is 79.9. The number of likely N-dealkylation sites (tertiary alicyclic amines) is 1. The predicted octanol–water partition coefficient (Wildman–Crippen LogP) is 4.72. The van der Waals surface area contributed by atoms with E-state index in [1.807, 2.05) is 24.3 Å². The number of hydrogen-bond donors (Lipinski definition) is 0. The van der Waals surface area contributed by atoms with E-state index >= 15 is 0 Å². The van der Waals surface area contributed by atoms with Gasteiger partial charge in [0.1, 0.15) is 0 Å². The van der Waals surface area contributed by atoms with E-state index in [1.165, 1.54) is 32.3 Å². The number of piperidine rings is 1. The monoisotopic (exact) mass is 485 g/mol. The summed E-state index contributed by atoms with van der Waals surface area (Å²) in [6.45, 7) is 0.398. The summed E-state index contributed by atoms with van der Waals surface area (Å²) in [5.74, 6) is 0.871. The van der Waals surface area contributed by atoms with E-state index in [0.29, 0.717) is 42.2 Å². The maximum Gasteiger partial charge on any atom is 0.256 e. The molecule has 31 heavy (non-hydrogen) atoms. The van der Waals surface area contributed by atoms with Gasteiger partial charge in [0.25, 0.3) is 11.8 Å². The molecule has 2 aromatic rings. The van der Waals surface area contributed by atoms with Crippen LogP contribution in [0.1, 0.15) is 24.0 Å². The Morgan fingerprint density at radius 1 is 1.00 bits per heavy atom. The van der Waals surface area contributed by atoms with Crippen LogP contribution in [0.2, 0.25) is 0 Å². The number of carbonyl (C=O) groups excluding carboxylic acids is 2. The number of amides is 2. The van der Waals surface area contributed by atoms with E-state index in [-0.39, 0.29) is 11.8 Å². The average Bonchev–Trinajstić information content (AvgIpc) is 2.79. The third-order valence-electron chi connectivity index (χ3n) is 4.93. The van der Waals surface area contributed by atoms with E-state index in [4.69, 9.17) is 14.2 Å². The lowest BCUT2D eigenvalue weighted by atomic mass is 10.00. The van der Waals surface area contributed by atoms with Crippen molar-refractivity contribution in [3.63, 3.8) is 0 Å². The fraction of sp³-hybridized carbons (Fsp3) is 0.250. The van der Waals surface area contributed by atoms with Gasteiger partial charge in [-0.3, -0.25) is 14.5 Å². The van der Waals surface area contributed by atoms with Crippen molar-refractivity contribution in [3.05, 3.63) is 63.6 Å². The Morgan fingerprint density at radius 2 is 1.65 bits per heavy atom. The summed E-state index contributed by atoms with van der Waals surface area (Å²) >= 11 is 3.38. The highest BCUT2D eigenvalue weighted by Gasteiger charge is 2.27. The van der Waals surface area contributed by atoms with Gasteiger partial charge in [-0.2, -0.15) is 0 Å². The first-order valence-corrected chi connectivity index (χ1v) is 10.6. The van der Waals surface area contributed by atoms with E-state index in [0.717, 1.165) is 15.6 Å². The fourth-order valence-corrected chi connectivity index (χ4v) is 3.64. The lowest BCUT2D eigenvalue weighted by molar-refractivity contribution is -0.140. The molecule has 0 bridgehead atoms. The summed E-state index contributed by atoms with van der Waals surface area (Å²) in [5, 5.41) is 0. The number of hydrogen-bond acceptors (Lipinski definition) is 5. The standard InChI is InChI=1S/C24H24BrNO5/c1-29-20-14-17(15-21(30-2)23(20)31-3)13-18-5-4-12-26(24(18)28)22(27)11-8-16-6-9-19(25)10-7-16/h6-11,13-15H,4-5,12H2,1-3H3/b11-8+,18-13+. The van der Waals surface area contributed by atoms with E-state index < -0.39 is 0 Å². The number of methoxy groups -OCH3 is 3. The highest BCUT2D eigenvalue weighted by molar-refractivity contribution is 9.10. The van der Waals surface area contributed by atoms with Gasteiger partial charge in [-0.15, -0.1) is 0 Å². The summed E-state index contributed by atoms with van der Waals surface area (Å²) in [6, 6.07) is 11.1. The molecule has 0 spiro atoms. The average molecular weight is 486 g/mol. The Balaban J connectivity index is 1.82. The molecule has 1 heterocycles. The second-order valence-corrected chi connectivity index (χ2v) is 7.83. The minimum Gasteiger partial charge on any atom is -0.493 e. The molecule has 6 nitrogen and oxygen atoms in total. The topological polar surface area (TPSA) is 65.1 Å². The molecule has 1 aliphatic heterocycles. The SMILES string of the molecule is COc1cc(/C=C2\CCCN(C(=O)/C=C/c3ccc(Br)cc3)C2=O)cc(OC)c1OC. The van der Waals surface area contributed by atoms with Gasteiger partial charge in [0, 0.05) is 22.7 Å². The van der Waals surface area contributed by atoms with Crippen molar-refractivity contribution < 1.29 is 23.8 Å². The van der Waals surface area contributed by atoms with Crippen LogP contribution in [-0.4, -0.2) is 44.6 Å². The number of benzene rings is 2. The zero-order valence-corrected chi connectivity index (χ0v) is 19.3. The van der Waals surface area contributed by atoms with E-state index in [1.54, 1.807) is 24.3 Å². The Kier molecular flexibility index (Phi) is 7.52. The lowest BCUT2D eigenvalue weighted by Gasteiger charge is -2.26. The first-order valence-electron chi connectivity index (χ1n) is 9.77. The van der Waals surface area contributed by atoms with Gasteiger partial charge >= 0.3 is 0 Å². The van der Waals surface area contributed by atoms with Crippen LogP contribution in [0.15, 0.2) is 52.5 Å². The van der Waals surface area contributed by atoms with Crippen LogP contribution in [0.3, 0.4) is 0 Å². The quantitative estimate of drug-likeness (QED) is 0.553. The number of ether oxygens (including phenoxy) is 3. The molecule has 0 N–H and O–H groups in total. The van der Waals surface area contributed by atoms with Crippen LogP contribution in [0.5, 0.6) is 17.2 Å². The number of nitrogens with zero attached hydrogens (tertiary/aromatic N) is 1. The third-order valence-corrected chi connectivity index (χ3v) is 5.46. The normalized spacial score (nSPS) is 15.4. The van der Waals surface area contributed by atoms with Gasteiger partial charge < -0.3 is 14.2 Å². The van der Waals surface area contributed by atoms with Gasteiger partial charge in [0.05, 0.1) is 21.3 Å². The number of rotatable bonds is 6. The third kappa shape index (κ3) is 5.35. The molecular formula is C24H24BrNO5. The summed E-state index contributed by atoms with van der Waals surface area (Å²) in [6.07, 6.45) is 6.21. The maximum atomic E-state index is 13.0. The van der Waals surface area contributed by atoms with Crippen molar-refractivity contribution in [2.75, 3.05) is 27.9 Å². The van der Waals surface area contributed by atoms with Gasteiger partial charge in [0.2, 0.25) is 5.75 Å². The first kappa shape index (κ1) is 22.6. The lowest BCUT2D eigenvalue weighted by Crippen LogP contribution is -2.40. The molecule has 0 aliphatic carbocycles. The molecule has 0 radical (unpaired) electrons. The second kappa shape index (κ2) is 10.3. The Labute approximate surface area is 190 Å². The zero-order chi connectivity index (χ0) is 22.4. The zero-order valence-electron chi connectivity index (χ0n) is 17.7. The molecule has 1 fully saturated rings. The summed E-state index contributed by atoms with van der Waals surface area (Å²) in [7, 11) is 4.62. The Hall–Kier alpha value is -3.06. The predicted molar refractivity (Wildman–Crippen MR) is 123 cm³/mol. The van der Waals surface area contributed by atoms with Crippen LogP contribution in [0.25, 0.3) is 12.2 Å². The van der Waals surface area contributed by atoms with Crippen molar-refractivity contribution in [2.45, 2.75) is 12.8 Å². The van der Waals surface area contributed by atoms with Crippen LogP contribution in [0.4, 0.5) is 0 Å². The summed E-state index contributed by atoms with van der Waals surface area (Å²) < 4.78 is 17.1. The van der Waals surface area contributed by atoms with Gasteiger partial charge in [0.15, 0.2) is 11.5 Å². The summed E-state index contributed by atoms with van der Waals surface area (Å²) in [4.78, 5) is 26.9. The van der Waals surface area contributed by atoms with Crippen LogP contribution in [-0.2, 0) is 9.59 Å². The molecule has 2 amide bonds. The molecule has 0 unspecified atom stereocenters. The highest BCUT2D eigenvalue weighted by Crippen LogP contribution is 2.39. The van der Waals surface area contributed by atoms with Crippen LogP contribution in [0, 0.1) is 0 Å². The number of halogens is 1. The molecule has 162 valence electrons. The molecule has 7 heteroatoms. The first-order chi connectivity index (χ1) is 15.0. The molecule has 3 rings (SSSR count). The fourth-order valence-electron chi connectivity index (χ4n) is 3.37. The summed E-state index contributed by atoms with van der Waals surface area (Å²) in [5.41, 5.74) is 2.18. The Morgan fingerprint density at radius 3 is 2.23 bits per heavy atom. The van der Waals surface area contributed by atoms with Crippen LogP contribution >= 0.6 is 15.9 Å². The minimum atomic E-state index is -0.330. The largest absolute Gasteiger partial charge is 0.493 e. The van der Waals surface area contributed by atoms with Gasteiger partial charge in [-0.05, 0) is 60.4 Å². The minimum absolute atomic E-state index is 0.287. The van der Waals surface area contributed by atoms with E-state index in [9.17, 15) is 9.59 Å². The van der Waals surface area contributed by atoms with Crippen LogP contribution < -0.4 is 14.2 Å². The molecule has 1 saturated heterocycles. The molecule has 0 aromatic heterocycles. The Bertz CT molecular complexity index is 1000. The van der Waals surface area contributed by atoms with Crippen molar-refractivity contribution in [2.24, 2.45) is 0 Å². The number of imide groups is 1. The molecule has 0 saturated carbocycles. The van der Waals surface area contributed by atoms with Gasteiger partial charge in [-0.25, -0.2) is 0 Å². The van der Waals surface area contributed by atoms with Crippen molar-refractivity contribution in [1.29, 1.82) is 0 Å². The van der Waals surface area contributed by atoms with Gasteiger partial charge in [-0.1, -0.05) is 28.1 Å². The van der Waals surface area contributed by atoms with E-state index in [2.05, 4.69) is 15.9 Å². The van der Waals surface area contributed by atoms with Crippen molar-refractivity contribution in [3.8, 4) is 17.2 Å². The molecular weight excluding hydrogens is 462 g/mol. The van der Waals surface area contributed by atoms with Crippen molar-refractivity contribution >= 4 is 39.9 Å². The van der Waals surface area contributed by atoms with Crippen molar-refractivity contribution in [1.82, 2.24) is 4.90 Å². The molecule has 1 aliphatic rings.